The minimum atomic E-state index is -3.70. The molecule has 0 bridgehead atoms. The van der Waals surface area contributed by atoms with E-state index in [-0.39, 0.29) is 17.1 Å². The molecule has 0 spiro atoms. The van der Waals surface area contributed by atoms with E-state index in [2.05, 4.69) is 24.5 Å². The van der Waals surface area contributed by atoms with Crippen molar-refractivity contribution in [3.63, 3.8) is 0 Å². The Morgan fingerprint density at radius 2 is 1.93 bits per heavy atom. The van der Waals surface area contributed by atoms with E-state index in [9.17, 15) is 13.6 Å². The number of nitrogens with one attached hydrogen (secondary N) is 1. The number of hydrogen-bond acceptors (Lipinski definition) is 5. The summed E-state index contributed by atoms with van der Waals surface area (Å²) in [6, 6.07) is 11.0. The van der Waals surface area contributed by atoms with Gasteiger partial charge in [0.2, 0.25) is 0 Å². The van der Waals surface area contributed by atoms with Gasteiger partial charge in [0.25, 0.3) is 5.56 Å². The van der Waals surface area contributed by atoms with Gasteiger partial charge in [0.1, 0.15) is 5.65 Å². The first-order valence-corrected chi connectivity index (χ1v) is 7.93. The van der Waals surface area contributed by atoms with E-state index in [0.29, 0.717) is 28.2 Å². The topological polar surface area (TPSA) is 81.5 Å². The molecule has 1 aliphatic heterocycles. The average molecular weight is 368 g/mol. The maximum absolute atomic E-state index is 13.2. The lowest BCUT2D eigenvalue weighted by Gasteiger charge is -2.05. The number of fused-ring (bicyclic) bond motifs is 2. The van der Waals surface area contributed by atoms with Crippen LogP contribution in [0.3, 0.4) is 0 Å². The van der Waals surface area contributed by atoms with Gasteiger partial charge in [0.15, 0.2) is 11.5 Å². The molecule has 0 fully saturated rings. The highest BCUT2D eigenvalue weighted by Crippen LogP contribution is 2.42. The highest BCUT2D eigenvalue weighted by Gasteiger charge is 2.43. The van der Waals surface area contributed by atoms with Crippen molar-refractivity contribution in [2.45, 2.75) is 6.29 Å². The lowest BCUT2D eigenvalue weighted by atomic mass is 10.1. The molecule has 0 radical (unpaired) electrons. The number of pyridine rings is 1. The van der Waals surface area contributed by atoms with E-state index in [1.54, 1.807) is 30.6 Å². The predicted octanol–water partition coefficient (Wildman–Crippen LogP) is 3.07. The third-order valence-electron chi connectivity index (χ3n) is 4.15. The van der Waals surface area contributed by atoms with E-state index in [4.69, 9.17) is 0 Å². The second-order valence-corrected chi connectivity index (χ2v) is 5.88. The van der Waals surface area contributed by atoms with Crippen LogP contribution in [-0.4, -0.2) is 25.9 Å². The molecule has 4 aromatic rings. The largest absolute Gasteiger partial charge is 0.586 e. The van der Waals surface area contributed by atoms with Gasteiger partial charge in [-0.2, -0.15) is 9.61 Å². The summed E-state index contributed by atoms with van der Waals surface area (Å²) in [6.45, 7) is 0. The van der Waals surface area contributed by atoms with Crippen molar-refractivity contribution in [1.29, 1.82) is 0 Å². The molecule has 0 aliphatic carbocycles. The van der Waals surface area contributed by atoms with Gasteiger partial charge in [-0.25, -0.2) is 0 Å². The monoisotopic (exact) mass is 368 g/mol. The van der Waals surface area contributed by atoms with Gasteiger partial charge in [0, 0.05) is 17.8 Å². The lowest BCUT2D eigenvalue weighted by Crippen LogP contribution is -2.25. The molecule has 27 heavy (non-hydrogen) atoms. The molecule has 1 aromatic carbocycles. The molecule has 0 amide bonds. The normalized spacial score (nSPS) is 14.6. The lowest BCUT2D eigenvalue weighted by molar-refractivity contribution is -0.286. The third-order valence-corrected chi connectivity index (χ3v) is 4.15. The molecule has 0 saturated carbocycles. The summed E-state index contributed by atoms with van der Waals surface area (Å²) in [5, 5.41) is 4.10. The van der Waals surface area contributed by atoms with Crippen LogP contribution in [0, 0.1) is 0 Å². The number of H-pyrrole nitrogens is 1. The summed E-state index contributed by atoms with van der Waals surface area (Å²) < 4.78 is 36.5. The number of halogens is 2. The predicted molar refractivity (Wildman–Crippen MR) is 90.7 cm³/mol. The number of aromatic nitrogens is 4. The zero-order valence-corrected chi connectivity index (χ0v) is 13.5. The highest BCUT2D eigenvalue weighted by molar-refractivity contribution is 5.76. The maximum atomic E-state index is 13.2. The minimum absolute atomic E-state index is 0.0642. The molecule has 9 heteroatoms. The van der Waals surface area contributed by atoms with Gasteiger partial charge in [-0.1, -0.05) is 6.07 Å². The number of rotatable bonds is 2. The molecule has 0 unspecified atom stereocenters. The molecular formula is C18H10F2N4O3. The summed E-state index contributed by atoms with van der Waals surface area (Å²) in [6.07, 6.45) is -0.520. The van der Waals surface area contributed by atoms with Crippen molar-refractivity contribution < 1.29 is 18.3 Å². The van der Waals surface area contributed by atoms with Crippen LogP contribution in [0.25, 0.3) is 28.2 Å². The summed E-state index contributed by atoms with van der Waals surface area (Å²) in [5.74, 6) is -0.164. The van der Waals surface area contributed by atoms with Crippen LogP contribution in [0.15, 0.2) is 59.7 Å². The summed E-state index contributed by atoms with van der Waals surface area (Å²) in [4.78, 5) is 19.8. The molecular weight excluding hydrogens is 358 g/mol. The van der Waals surface area contributed by atoms with Gasteiger partial charge in [-0.05, 0) is 30.3 Å². The molecule has 134 valence electrons. The van der Waals surface area contributed by atoms with Crippen molar-refractivity contribution >= 4 is 5.65 Å². The quantitative estimate of drug-likeness (QED) is 0.588. The Bertz CT molecular complexity index is 1230. The average Bonchev–Trinajstić information content (AvgIpc) is 3.21. The van der Waals surface area contributed by atoms with E-state index >= 15 is 0 Å². The molecule has 3 aromatic heterocycles. The Hall–Kier alpha value is -3.75. The van der Waals surface area contributed by atoms with E-state index in [0.717, 1.165) is 0 Å². The number of aromatic amines is 1. The second-order valence-electron chi connectivity index (χ2n) is 5.88. The SMILES string of the molecule is O=c1cc(-c2ccc3c(c2)OC(F)(F)O3)[nH]c2c(-c3ccccn3)cnn12. The Labute approximate surface area is 149 Å². The molecule has 0 atom stereocenters. The van der Waals surface area contributed by atoms with Crippen molar-refractivity contribution in [3.8, 4) is 34.0 Å². The van der Waals surface area contributed by atoms with Gasteiger partial charge >= 0.3 is 6.29 Å². The van der Waals surface area contributed by atoms with Crippen molar-refractivity contribution in [3.05, 3.63) is 65.2 Å². The van der Waals surface area contributed by atoms with Crippen LogP contribution in [0.4, 0.5) is 8.78 Å². The molecule has 1 aliphatic rings. The van der Waals surface area contributed by atoms with Crippen LogP contribution in [0.2, 0.25) is 0 Å². The number of benzene rings is 1. The molecule has 1 N–H and O–H groups in total. The summed E-state index contributed by atoms with van der Waals surface area (Å²) in [5.41, 5.74) is 2.27. The number of ether oxygens (including phenoxy) is 2. The molecule has 4 heterocycles. The Balaban J connectivity index is 1.66. The Morgan fingerprint density at radius 1 is 1.07 bits per heavy atom. The first kappa shape index (κ1) is 15.5. The summed E-state index contributed by atoms with van der Waals surface area (Å²) in [7, 11) is 0. The zero-order valence-electron chi connectivity index (χ0n) is 13.5. The Morgan fingerprint density at radius 3 is 2.74 bits per heavy atom. The van der Waals surface area contributed by atoms with Crippen molar-refractivity contribution in [2.24, 2.45) is 0 Å². The van der Waals surface area contributed by atoms with E-state index < -0.39 is 6.29 Å². The van der Waals surface area contributed by atoms with Crippen molar-refractivity contribution in [2.75, 3.05) is 0 Å². The zero-order chi connectivity index (χ0) is 18.6. The minimum Gasteiger partial charge on any atom is -0.395 e. The van der Waals surface area contributed by atoms with Gasteiger partial charge in [0.05, 0.1) is 23.1 Å². The van der Waals surface area contributed by atoms with Crippen LogP contribution in [0.1, 0.15) is 0 Å². The number of nitrogens with zero attached hydrogens (tertiary/aromatic N) is 3. The van der Waals surface area contributed by atoms with Crippen LogP contribution >= 0.6 is 0 Å². The van der Waals surface area contributed by atoms with Crippen LogP contribution < -0.4 is 15.0 Å². The van der Waals surface area contributed by atoms with E-state index in [1.807, 2.05) is 6.07 Å². The smallest absolute Gasteiger partial charge is 0.395 e. The van der Waals surface area contributed by atoms with Gasteiger partial charge in [-0.15, -0.1) is 8.78 Å². The molecule has 5 rings (SSSR count). The van der Waals surface area contributed by atoms with Crippen LogP contribution in [0.5, 0.6) is 11.5 Å². The third kappa shape index (κ3) is 2.51. The first-order chi connectivity index (χ1) is 13.0. The fourth-order valence-electron chi connectivity index (χ4n) is 2.97. The highest BCUT2D eigenvalue weighted by atomic mass is 19.3. The maximum Gasteiger partial charge on any atom is 0.586 e. The van der Waals surface area contributed by atoms with Gasteiger partial charge < -0.3 is 14.5 Å². The van der Waals surface area contributed by atoms with Crippen molar-refractivity contribution in [1.82, 2.24) is 19.6 Å². The Kier molecular flexibility index (Phi) is 3.08. The summed E-state index contributed by atoms with van der Waals surface area (Å²) >= 11 is 0. The second kappa shape index (κ2) is 5.37. The molecule has 7 nitrogen and oxygen atoms in total. The van der Waals surface area contributed by atoms with Crippen LogP contribution in [-0.2, 0) is 0 Å². The van der Waals surface area contributed by atoms with Gasteiger partial charge in [-0.3, -0.25) is 9.78 Å². The fourth-order valence-corrected chi connectivity index (χ4v) is 2.97. The first-order valence-electron chi connectivity index (χ1n) is 7.93. The fraction of sp³-hybridized carbons (Fsp3) is 0.0556. The standard InChI is InChI=1S/C18H10F2N4O3/c19-18(20)26-14-5-4-10(7-15(14)27-18)13-8-16(25)24-17(23-13)11(9-22-24)12-3-1-2-6-21-12/h1-9,23H. The van der Waals surface area contributed by atoms with E-state index in [1.165, 1.54) is 22.7 Å². The molecule has 0 saturated heterocycles. The number of hydrogen-bond donors (Lipinski definition) is 1. The number of alkyl halides is 2.